The van der Waals surface area contributed by atoms with Gasteiger partial charge in [0.15, 0.2) is 15.8 Å². The average molecular weight is 481 g/mol. The van der Waals surface area contributed by atoms with Gasteiger partial charge in [-0.1, -0.05) is 46.8 Å². The number of sulfone groups is 1. The van der Waals surface area contributed by atoms with E-state index in [0.29, 0.717) is 5.75 Å². The van der Waals surface area contributed by atoms with Gasteiger partial charge >= 0.3 is 0 Å². The molecule has 1 N–H and O–H groups in total. The molecule has 6 heteroatoms. The molecule has 1 atom stereocenters. The van der Waals surface area contributed by atoms with E-state index < -0.39 is 9.84 Å². The van der Waals surface area contributed by atoms with E-state index in [2.05, 4.69) is 59.7 Å². The summed E-state index contributed by atoms with van der Waals surface area (Å²) in [6, 6.07) is 8.44. The van der Waals surface area contributed by atoms with E-state index in [4.69, 9.17) is 4.74 Å². The zero-order chi connectivity index (χ0) is 24.3. The summed E-state index contributed by atoms with van der Waals surface area (Å²) in [7, 11) is -3.19. The highest BCUT2D eigenvalue weighted by molar-refractivity contribution is 7.90. The maximum absolute atomic E-state index is 11.5. The highest BCUT2D eigenvalue weighted by atomic mass is 32.2. The van der Waals surface area contributed by atoms with Crippen molar-refractivity contribution in [3.8, 4) is 5.75 Å². The van der Waals surface area contributed by atoms with Crippen LogP contribution in [0.25, 0.3) is 0 Å². The van der Waals surface area contributed by atoms with Crippen molar-refractivity contribution in [2.24, 2.45) is 5.41 Å². The Balaban J connectivity index is 2.35. The smallest absolute Gasteiger partial charge is 0.188 e. The summed E-state index contributed by atoms with van der Waals surface area (Å²) < 4.78 is 28.5. The third kappa shape index (κ3) is 6.36. The zero-order valence-corrected chi connectivity index (χ0v) is 22.5. The predicted molar refractivity (Wildman–Crippen MR) is 136 cm³/mol. The normalized spacial score (nSPS) is 13.9. The Morgan fingerprint density at radius 2 is 1.69 bits per heavy atom. The minimum Gasteiger partial charge on any atom is -0.478 e. The van der Waals surface area contributed by atoms with Crippen LogP contribution in [0, 0.1) is 19.3 Å². The van der Waals surface area contributed by atoms with Crippen LogP contribution in [0.3, 0.4) is 0 Å². The van der Waals surface area contributed by atoms with Gasteiger partial charge in [-0.3, -0.25) is 0 Å². The Labute approximate surface area is 199 Å². The summed E-state index contributed by atoms with van der Waals surface area (Å²) in [6.45, 7) is 14.8. The summed E-state index contributed by atoms with van der Waals surface area (Å²) >= 11 is 1.87. The molecule has 0 aliphatic rings. The van der Waals surface area contributed by atoms with Crippen molar-refractivity contribution in [1.29, 1.82) is 0 Å². The van der Waals surface area contributed by atoms with Gasteiger partial charge in [0.05, 0.1) is 6.10 Å². The second-order valence-electron chi connectivity index (χ2n) is 10.1. The third-order valence-electron chi connectivity index (χ3n) is 6.50. The second-order valence-corrected chi connectivity index (χ2v) is 13.3. The van der Waals surface area contributed by atoms with Crippen LogP contribution < -0.4 is 4.74 Å². The highest BCUT2D eigenvalue weighted by Crippen LogP contribution is 2.44. The summed E-state index contributed by atoms with van der Waals surface area (Å²) in [4.78, 5) is 2.70. The summed E-state index contributed by atoms with van der Waals surface area (Å²) in [5, 5.41) is 10.5. The molecule has 0 aliphatic carbocycles. The Kier molecular flexibility index (Phi) is 8.63. The first-order valence-electron chi connectivity index (χ1n) is 11.4. The van der Waals surface area contributed by atoms with Gasteiger partial charge in [-0.2, -0.15) is 0 Å². The van der Waals surface area contributed by atoms with Crippen LogP contribution in [0.15, 0.2) is 24.3 Å². The first-order valence-corrected chi connectivity index (χ1v) is 14.3. The van der Waals surface area contributed by atoms with Gasteiger partial charge in [-0.05, 0) is 73.8 Å². The molecular formula is C26H40O4S2. The fraction of sp³-hybridized carbons (Fsp3) is 0.615. The SMILES string of the molecule is CCC(CC)(c1ccc(OCS(C)(=O)=O)c(C)c1)c1cc(C)c(CC[C@@H](O)C(C)(C)C)s1. The van der Waals surface area contributed by atoms with E-state index in [1.54, 1.807) is 0 Å². The lowest BCUT2D eigenvalue weighted by Crippen LogP contribution is -2.26. The minimum absolute atomic E-state index is 0.101. The van der Waals surface area contributed by atoms with Crippen LogP contribution in [0.1, 0.15) is 80.3 Å². The van der Waals surface area contributed by atoms with Crippen molar-refractivity contribution in [1.82, 2.24) is 0 Å². The highest BCUT2D eigenvalue weighted by Gasteiger charge is 2.33. The number of thiophene rings is 1. The molecule has 0 amide bonds. The van der Waals surface area contributed by atoms with Gasteiger partial charge in [-0.15, -0.1) is 11.3 Å². The molecule has 2 aromatic rings. The van der Waals surface area contributed by atoms with E-state index >= 15 is 0 Å². The molecule has 0 bridgehead atoms. The number of benzene rings is 1. The lowest BCUT2D eigenvalue weighted by molar-refractivity contribution is 0.0561. The Hall–Kier alpha value is -1.37. The van der Waals surface area contributed by atoms with Crippen LogP contribution in [0.5, 0.6) is 5.75 Å². The number of rotatable bonds is 10. The van der Waals surface area contributed by atoms with E-state index in [-0.39, 0.29) is 22.9 Å². The van der Waals surface area contributed by atoms with Gasteiger partial charge in [-0.25, -0.2) is 8.42 Å². The molecule has 2 rings (SSSR count). The van der Waals surface area contributed by atoms with Gasteiger partial charge in [0, 0.05) is 21.4 Å². The fourth-order valence-electron chi connectivity index (χ4n) is 4.13. The maximum Gasteiger partial charge on any atom is 0.188 e. The number of aryl methyl sites for hydroxylation is 3. The van der Waals surface area contributed by atoms with Crippen molar-refractivity contribution in [2.75, 3.05) is 12.2 Å². The van der Waals surface area contributed by atoms with E-state index in [9.17, 15) is 13.5 Å². The summed E-state index contributed by atoms with van der Waals surface area (Å²) in [5.41, 5.74) is 3.26. The Bertz CT molecular complexity index is 1010. The average Bonchev–Trinajstić information content (AvgIpc) is 3.06. The summed E-state index contributed by atoms with van der Waals surface area (Å²) in [6.07, 6.45) is 4.44. The molecule has 0 unspecified atom stereocenters. The van der Waals surface area contributed by atoms with Crippen LogP contribution >= 0.6 is 11.3 Å². The van der Waals surface area contributed by atoms with Crippen molar-refractivity contribution >= 4 is 21.2 Å². The van der Waals surface area contributed by atoms with Gasteiger partial charge in [0.2, 0.25) is 0 Å². The van der Waals surface area contributed by atoms with Crippen molar-refractivity contribution in [3.05, 3.63) is 50.7 Å². The van der Waals surface area contributed by atoms with Crippen molar-refractivity contribution < 1.29 is 18.3 Å². The second kappa shape index (κ2) is 10.3. The molecule has 4 nitrogen and oxygen atoms in total. The predicted octanol–water partition coefficient (Wildman–Crippen LogP) is 6.19. The molecule has 0 saturated heterocycles. The molecule has 0 radical (unpaired) electrons. The van der Waals surface area contributed by atoms with Crippen LogP contribution in [-0.4, -0.2) is 31.8 Å². The van der Waals surface area contributed by atoms with Crippen LogP contribution in [0.2, 0.25) is 0 Å². The molecule has 0 spiro atoms. The van der Waals surface area contributed by atoms with Gasteiger partial charge in [0.25, 0.3) is 0 Å². The zero-order valence-electron chi connectivity index (χ0n) is 20.9. The molecule has 1 aromatic heterocycles. The molecule has 0 fully saturated rings. The van der Waals surface area contributed by atoms with Crippen molar-refractivity contribution in [3.63, 3.8) is 0 Å². The molecule has 0 aliphatic heterocycles. The quantitative estimate of drug-likeness (QED) is 0.440. The lowest BCUT2D eigenvalue weighted by atomic mass is 9.74. The number of aliphatic hydroxyl groups excluding tert-OH is 1. The molecular weight excluding hydrogens is 440 g/mol. The van der Waals surface area contributed by atoms with Crippen LogP contribution in [-0.2, 0) is 21.7 Å². The first kappa shape index (κ1) is 26.9. The number of hydrogen-bond donors (Lipinski definition) is 1. The fourth-order valence-corrected chi connectivity index (χ4v) is 6.02. The third-order valence-corrected chi connectivity index (χ3v) is 8.55. The Morgan fingerprint density at radius 3 is 2.19 bits per heavy atom. The minimum atomic E-state index is -3.19. The summed E-state index contributed by atoms with van der Waals surface area (Å²) in [5.74, 6) is 0.299. The number of ether oxygens (including phenoxy) is 1. The molecule has 180 valence electrons. The van der Waals surface area contributed by atoms with Crippen LogP contribution in [0.4, 0.5) is 0 Å². The lowest BCUT2D eigenvalue weighted by Gasteiger charge is -2.32. The van der Waals surface area contributed by atoms with Crippen molar-refractivity contribution in [2.45, 2.75) is 85.7 Å². The topological polar surface area (TPSA) is 63.6 Å². The van der Waals surface area contributed by atoms with E-state index in [1.807, 2.05) is 24.3 Å². The first-order chi connectivity index (χ1) is 14.7. The van der Waals surface area contributed by atoms with Gasteiger partial charge in [0.1, 0.15) is 5.75 Å². The molecule has 32 heavy (non-hydrogen) atoms. The number of hydrogen-bond acceptors (Lipinski definition) is 5. The molecule has 1 heterocycles. The maximum atomic E-state index is 11.5. The largest absolute Gasteiger partial charge is 0.478 e. The Morgan fingerprint density at radius 1 is 1.06 bits per heavy atom. The van der Waals surface area contributed by atoms with E-state index in [1.165, 1.54) is 27.1 Å². The molecule has 0 saturated carbocycles. The number of aliphatic hydroxyl groups is 1. The standard InChI is InChI=1S/C26H40O4S2/c1-9-26(10-2,20-11-12-21(18(3)15-20)30-17-32(8,28)29)24-16-19(4)22(31-24)13-14-23(27)25(5,6)7/h11-12,15-16,23,27H,9-10,13-14,17H2,1-8H3/t23-/m1/s1. The monoisotopic (exact) mass is 480 g/mol. The van der Waals surface area contributed by atoms with Gasteiger partial charge < -0.3 is 9.84 Å². The molecule has 1 aromatic carbocycles. The van der Waals surface area contributed by atoms with E-state index in [0.717, 1.165) is 31.2 Å².